The van der Waals surface area contributed by atoms with Gasteiger partial charge in [0.2, 0.25) is 0 Å². The molecular formula is C23H37NO4. The average molecular weight is 392 g/mol. The summed E-state index contributed by atoms with van der Waals surface area (Å²) in [5, 5.41) is 22.6. The van der Waals surface area contributed by atoms with Crippen LogP contribution in [-0.2, 0) is 4.79 Å². The van der Waals surface area contributed by atoms with Gasteiger partial charge in [-0.15, -0.1) is 0 Å². The van der Waals surface area contributed by atoms with Crippen LogP contribution in [0.25, 0.3) is 0 Å². The van der Waals surface area contributed by atoms with E-state index in [4.69, 9.17) is 5.11 Å². The third-order valence-corrected chi connectivity index (χ3v) is 9.95. The number of aliphatic hydroxyl groups excluding tert-OH is 1. The molecular weight excluding hydrogens is 354 g/mol. The van der Waals surface area contributed by atoms with Crippen molar-refractivity contribution in [2.75, 3.05) is 0 Å². The number of carboxylic acids is 1. The van der Waals surface area contributed by atoms with Gasteiger partial charge in [0.1, 0.15) is 0 Å². The summed E-state index contributed by atoms with van der Waals surface area (Å²) in [6, 6.07) is 0.0371. The van der Waals surface area contributed by atoms with Crippen molar-refractivity contribution in [2.45, 2.75) is 96.6 Å². The van der Waals surface area contributed by atoms with Gasteiger partial charge in [0, 0.05) is 0 Å². The Bertz CT molecular complexity index is 624. The predicted octanol–water partition coefficient (Wildman–Crippen LogP) is 5.01. The summed E-state index contributed by atoms with van der Waals surface area (Å²) in [7, 11) is 0. The number of nitrogens with zero attached hydrogens (tertiary/aromatic N) is 1. The Hall–Kier alpha value is -0.970. The van der Waals surface area contributed by atoms with Crippen molar-refractivity contribution in [3.8, 4) is 0 Å². The minimum absolute atomic E-state index is 0.0371. The zero-order chi connectivity index (χ0) is 20.1. The smallest absolute Gasteiger partial charge is 0.305 e. The van der Waals surface area contributed by atoms with Gasteiger partial charge in [-0.1, -0.05) is 19.0 Å². The number of aliphatic carboxylic acids is 1. The molecule has 5 heteroatoms. The molecule has 4 saturated carbocycles. The molecule has 0 saturated heterocycles. The second kappa shape index (κ2) is 7.37. The first-order chi connectivity index (χ1) is 13.3. The maximum Gasteiger partial charge on any atom is 0.305 e. The molecule has 9 atom stereocenters. The molecule has 4 aliphatic rings. The van der Waals surface area contributed by atoms with Crippen LogP contribution in [0.5, 0.6) is 0 Å². The molecule has 0 radical (unpaired) electrons. The molecule has 0 bridgehead atoms. The van der Waals surface area contributed by atoms with Crippen molar-refractivity contribution in [1.29, 1.82) is 0 Å². The molecule has 4 rings (SSSR count). The van der Waals surface area contributed by atoms with Crippen LogP contribution in [0, 0.1) is 45.3 Å². The molecule has 0 aromatic carbocycles. The van der Waals surface area contributed by atoms with Gasteiger partial charge in [0.05, 0.1) is 18.6 Å². The Labute approximate surface area is 168 Å². The number of carboxylic acid groups (broad SMARTS) is 1. The van der Waals surface area contributed by atoms with E-state index in [1.54, 1.807) is 0 Å². The molecule has 28 heavy (non-hydrogen) atoms. The number of carbonyl (C=O) groups is 1. The Kier molecular flexibility index (Phi) is 5.35. The molecule has 158 valence electrons. The van der Waals surface area contributed by atoms with Crippen LogP contribution < -0.4 is 0 Å². The molecule has 2 N–H and O–H groups in total. The lowest BCUT2D eigenvalue weighted by Crippen LogP contribution is -2.53. The quantitative estimate of drug-likeness (QED) is 0.645. The van der Waals surface area contributed by atoms with Gasteiger partial charge in [-0.25, -0.2) is 0 Å². The fourth-order valence-electron chi connectivity index (χ4n) is 8.44. The van der Waals surface area contributed by atoms with E-state index in [0.29, 0.717) is 29.6 Å². The second-order valence-corrected chi connectivity index (χ2v) is 11.0. The average Bonchev–Trinajstić information content (AvgIpc) is 2.96. The highest BCUT2D eigenvalue weighted by Gasteiger charge is 2.60. The van der Waals surface area contributed by atoms with Gasteiger partial charge in [0.25, 0.3) is 0 Å². The monoisotopic (exact) mass is 391 g/mol. The van der Waals surface area contributed by atoms with Crippen LogP contribution in [0.4, 0.5) is 0 Å². The first-order valence-corrected chi connectivity index (χ1v) is 11.5. The molecule has 4 aliphatic carbocycles. The lowest BCUT2D eigenvalue weighted by atomic mass is 9.44. The lowest BCUT2D eigenvalue weighted by Gasteiger charge is -2.61. The summed E-state index contributed by atoms with van der Waals surface area (Å²) >= 11 is 0. The van der Waals surface area contributed by atoms with Gasteiger partial charge < -0.3 is 10.2 Å². The fraction of sp³-hybridized carbons (Fsp3) is 0.957. The summed E-state index contributed by atoms with van der Waals surface area (Å²) in [6.45, 7) is 4.93. The van der Waals surface area contributed by atoms with Gasteiger partial charge in [0.15, 0.2) is 0 Å². The minimum atomic E-state index is -0.900. The molecule has 0 aromatic heterocycles. The third-order valence-electron chi connectivity index (χ3n) is 9.95. The molecule has 0 aliphatic heterocycles. The summed E-state index contributed by atoms with van der Waals surface area (Å²) in [6.07, 6.45) is 10.3. The van der Waals surface area contributed by atoms with Crippen LogP contribution in [0.1, 0.15) is 84.5 Å². The molecule has 0 heterocycles. The maximum atomic E-state index is 11.1. The topological polar surface area (TPSA) is 87.0 Å². The second-order valence-electron chi connectivity index (χ2n) is 11.0. The van der Waals surface area contributed by atoms with Crippen LogP contribution in [0.15, 0.2) is 5.18 Å². The summed E-state index contributed by atoms with van der Waals surface area (Å²) in [4.78, 5) is 22.1. The zero-order valence-corrected chi connectivity index (χ0v) is 17.5. The molecule has 0 spiro atoms. The van der Waals surface area contributed by atoms with E-state index in [0.717, 1.165) is 37.5 Å². The normalized spacial score (nSPS) is 48.8. The van der Waals surface area contributed by atoms with Crippen LogP contribution in [0.2, 0.25) is 0 Å². The highest BCUT2D eigenvalue weighted by molar-refractivity contribution is 5.67. The Morgan fingerprint density at radius 3 is 2.46 bits per heavy atom. The molecule has 5 nitrogen and oxygen atoms in total. The molecule has 9 unspecified atom stereocenters. The van der Waals surface area contributed by atoms with Crippen LogP contribution in [0.3, 0.4) is 0 Å². The van der Waals surface area contributed by atoms with Crippen molar-refractivity contribution >= 4 is 5.97 Å². The largest absolute Gasteiger partial charge is 0.481 e. The summed E-state index contributed by atoms with van der Waals surface area (Å²) < 4.78 is 0. The standard InChI is InChI=1S/C23H37NO4/c1-22-9-7-16(24-28)11-14(22)3-5-18-19-6-4-15(12-17(25)13-21(26)27)23(19,2)10-8-20(18)22/h14-20,25H,3-13H2,1-2H3,(H,26,27). The number of aliphatic hydroxyl groups is 1. The van der Waals surface area contributed by atoms with Crippen molar-refractivity contribution in [1.82, 2.24) is 0 Å². The van der Waals surface area contributed by atoms with Crippen molar-refractivity contribution in [2.24, 2.45) is 45.6 Å². The van der Waals surface area contributed by atoms with E-state index in [-0.39, 0.29) is 17.9 Å². The first kappa shape index (κ1) is 20.3. The number of hydrogen-bond acceptors (Lipinski definition) is 4. The van der Waals surface area contributed by atoms with Gasteiger partial charge >= 0.3 is 5.97 Å². The Morgan fingerprint density at radius 1 is 1.04 bits per heavy atom. The SMILES string of the molecule is CC12CCC3C(CCC4CC(N=O)CCC43C)C1CCC2CC(O)CC(=O)O. The zero-order valence-electron chi connectivity index (χ0n) is 17.5. The predicted molar refractivity (Wildman–Crippen MR) is 108 cm³/mol. The number of nitroso groups, excluding NO2 is 1. The van der Waals surface area contributed by atoms with E-state index >= 15 is 0 Å². The molecule has 0 aromatic rings. The summed E-state index contributed by atoms with van der Waals surface area (Å²) in [5.41, 5.74) is 0.623. The number of hydrogen-bond donors (Lipinski definition) is 2. The maximum absolute atomic E-state index is 11.1. The van der Waals surface area contributed by atoms with E-state index < -0.39 is 12.1 Å². The van der Waals surface area contributed by atoms with Gasteiger partial charge in [-0.2, -0.15) is 4.91 Å². The Balaban J connectivity index is 1.49. The van der Waals surface area contributed by atoms with Crippen molar-refractivity contribution < 1.29 is 15.0 Å². The van der Waals surface area contributed by atoms with Crippen LogP contribution >= 0.6 is 0 Å². The molecule has 4 fully saturated rings. The third kappa shape index (κ3) is 3.22. The summed E-state index contributed by atoms with van der Waals surface area (Å²) in [5.74, 6) is 2.45. The van der Waals surface area contributed by atoms with Crippen molar-refractivity contribution in [3.05, 3.63) is 4.91 Å². The van der Waals surface area contributed by atoms with E-state index in [1.165, 1.54) is 32.1 Å². The highest BCUT2D eigenvalue weighted by Crippen LogP contribution is 2.68. The van der Waals surface area contributed by atoms with Crippen LogP contribution in [-0.4, -0.2) is 28.3 Å². The van der Waals surface area contributed by atoms with Gasteiger partial charge in [-0.3, -0.25) is 4.79 Å². The lowest BCUT2D eigenvalue weighted by molar-refractivity contribution is -0.140. The Morgan fingerprint density at radius 2 is 1.75 bits per heavy atom. The van der Waals surface area contributed by atoms with E-state index in [1.807, 2.05) is 0 Å². The van der Waals surface area contributed by atoms with E-state index in [9.17, 15) is 14.8 Å². The first-order valence-electron chi connectivity index (χ1n) is 11.5. The molecule has 0 amide bonds. The minimum Gasteiger partial charge on any atom is -0.481 e. The number of fused-ring (bicyclic) bond motifs is 5. The van der Waals surface area contributed by atoms with Gasteiger partial charge in [-0.05, 0) is 105 Å². The fourth-order valence-corrected chi connectivity index (χ4v) is 8.44. The number of rotatable bonds is 5. The van der Waals surface area contributed by atoms with Crippen molar-refractivity contribution in [3.63, 3.8) is 0 Å². The van der Waals surface area contributed by atoms with E-state index in [2.05, 4.69) is 19.0 Å². The highest BCUT2D eigenvalue weighted by atomic mass is 16.4.